The number of carbonyl (C=O) groups is 4. The number of rotatable bonds is 12. The van der Waals surface area contributed by atoms with Crippen LogP contribution in [0.3, 0.4) is 0 Å². The number of benzene rings is 4. The second-order valence-corrected chi connectivity index (χ2v) is 13.4. The summed E-state index contributed by atoms with van der Waals surface area (Å²) in [6.45, 7) is 3.48. The molecule has 0 heterocycles. The molecule has 16 heteroatoms. The Bertz CT molecular complexity index is 1920. The molecule has 4 atom stereocenters. The number of aromatic hydroxyl groups is 4. The third kappa shape index (κ3) is 8.43. The first-order valence-corrected chi connectivity index (χ1v) is 17.2. The van der Waals surface area contributed by atoms with Crippen molar-refractivity contribution in [3.8, 4) is 46.0 Å². The molecule has 0 spiro atoms. The SMILES string of the molecule is CC1c2cc(c(O)cc2O)C(C)c2cc(c(OCC(=O)O)cc2OCC(=O)O)C(C)c2cc(c(O)cc2O)C(C)c2cc1c(OCC(=O)O)cc2OCC(=O)O. The zero-order chi connectivity index (χ0) is 41.2. The van der Waals surface area contributed by atoms with Gasteiger partial charge in [-0.3, -0.25) is 0 Å². The summed E-state index contributed by atoms with van der Waals surface area (Å²) in [6.07, 6.45) is 0. The van der Waals surface area contributed by atoms with Crippen LogP contribution in [0.15, 0.2) is 48.5 Å². The van der Waals surface area contributed by atoms with Crippen molar-refractivity contribution < 1.29 is 79.0 Å². The van der Waals surface area contributed by atoms with Crippen LogP contribution in [0.25, 0.3) is 0 Å². The monoisotopic (exact) mass is 776 g/mol. The summed E-state index contributed by atoms with van der Waals surface area (Å²) >= 11 is 0. The summed E-state index contributed by atoms with van der Waals surface area (Å²) in [5.74, 6) is -10.1. The van der Waals surface area contributed by atoms with Gasteiger partial charge in [0.05, 0.1) is 0 Å². The number of phenolic OH excluding ortho intramolecular Hbond substituents is 4. The first kappa shape index (κ1) is 40.3. The van der Waals surface area contributed by atoms with E-state index in [9.17, 15) is 60.0 Å². The van der Waals surface area contributed by atoms with E-state index < -0.39 is 74.0 Å². The van der Waals surface area contributed by atoms with E-state index in [1.54, 1.807) is 39.8 Å². The van der Waals surface area contributed by atoms with Crippen LogP contribution in [0.2, 0.25) is 0 Å². The van der Waals surface area contributed by atoms with E-state index in [4.69, 9.17) is 18.9 Å². The fraction of sp³-hybridized carbons (Fsp3) is 0.300. The van der Waals surface area contributed by atoms with Crippen molar-refractivity contribution in [1.82, 2.24) is 0 Å². The number of phenols is 4. The minimum Gasteiger partial charge on any atom is -0.508 e. The smallest absolute Gasteiger partial charge is 0.341 e. The maximum Gasteiger partial charge on any atom is 0.341 e. The fourth-order valence-electron chi connectivity index (χ4n) is 6.88. The molecule has 4 unspecified atom stereocenters. The molecule has 0 saturated heterocycles. The van der Waals surface area contributed by atoms with Gasteiger partial charge >= 0.3 is 23.9 Å². The molecule has 56 heavy (non-hydrogen) atoms. The molecule has 0 saturated carbocycles. The van der Waals surface area contributed by atoms with E-state index in [1.807, 2.05) is 0 Å². The van der Waals surface area contributed by atoms with E-state index in [0.29, 0.717) is 22.3 Å². The van der Waals surface area contributed by atoms with Crippen LogP contribution in [0.4, 0.5) is 0 Å². The molecule has 296 valence electrons. The second kappa shape index (κ2) is 16.3. The first-order chi connectivity index (χ1) is 26.4. The highest BCUT2D eigenvalue weighted by molar-refractivity contribution is 5.71. The Labute approximate surface area is 319 Å². The molecule has 16 nitrogen and oxygen atoms in total. The zero-order valence-corrected chi connectivity index (χ0v) is 30.6. The average Bonchev–Trinajstić information content (AvgIpc) is 3.12. The van der Waals surface area contributed by atoms with Crippen LogP contribution in [-0.4, -0.2) is 91.2 Å². The van der Waals surface area contributed by atoms with Gasteiger partial charge in [-0.1, -0.05) is 27.7 Å². The topological polar surface area (TPSA) is 267 Å². The van der Waals surface area contributed by atoms with Crippen molar-refractivity contribution in [2.24, 2.45) is 0 Å². The molecule has 1 aliphatic carbocycles. The van der Waals surface area contributed by atoms with Gasteiger partial charge in [-0.15, -0.1) is 0 Å². The molecule has 1 aliphatic rings. The lowest BCUT2D eigenvalue weighted by molar-refractivity contribution is -0.140. The largest absolute Gasteiger partial charge is 0.508 e. The fourth-order valence-corrected chi connectivity index (χ4v) is 6.88. The Morgan fingerprint density at radius 1 is 0.375 bits per heavy atom. The highest BCUT2D eigenvalue weighted by Crippen LogP contribution is 2.50. The van der Waals surface area contributed by atoms with Gasteiger partial charge in [-0.05, 0) is 24.3 Å². The van der Waals surface area contributed by atoms with Crippen LogP contribution in [0.5, 0.6) is 46.0 Å². The lowest BCUT2D eigenvalue weighted by Gasteiger charge is -2.27. The van der Waals surface area contributed by atoms with E-state index in [-0.39, 0.29) is 68.2 Å². The minimum absolute atomic E-state index is 0.0328. The number of hydrogen-bond acceptors (Lipinski definition) is 12. The van der Waals surface area contributed by atoms with Crippen LogP contribution in [0, 0.1) is 0 Å². The van der Waals surface area contributed by atoms with Gasteiger partial charge in [0, 0.05) is 92.4 Å². The van der Waals surface area contributed by atoms with Gasteiger partial charge < -0.3 is 59.8 Å². The number of aliphatic carboxylic acids is 4. The summed E-state index contributed by atoms with van der Waals surface area (Å²) < 4.78 is 22.7. The van der Waals surface area contributed by atoms with Gasteiger partial charge in [0.25, 0.3) is 0 Å². The highest BCUT2D eigenvalue weighted by Gasteiger charge is 2.31. The first-order valence-electron chi connectivity index (χ1n) is 17.2. The van der Waals surface area contributed by atoms with Crippen LogP contribution >= 0.6 is 0 Å². The number of hydrogen-bond donors (Lipinski definition) is 8. The average molecular weight is 777 g/mol. The quantitative estimate of drug-likeness (QED) is 0.0909. The Morgan fingerprint density at radius 3 is 0.768 bits per heavy atom. The van der Waals surface area contributed by atoms with Crippen molar-refractivity contribution in [1.29, 1.82) is 0 Å². The van der Waals surface area contributed by atoms with Gasteiger partial charge in [-0.2, -0.15) is 0 Å². The van der Waals surface area contributed by atoms with E-state index in [1.165, 1.54) is 24.3 Å². The van der Waals surface area contributed by atoms with Gasteiger partial charge in [0.1, 0.15) is 46.0 Å². The maximum atomic E-state index is 11.6. The predicted octanol–water partition coefficient (Wildman–Crippen LogP) is 5.28. The minimum atomic E-state index is -1.32. The van der Waals surface area contributed by atoms with Crippen LogP contribution in [0.1, 0.15) is 95.9 Å². The van der Waals surface area contributed by atoms with Gasteiger partial charge in [0.2, 0.25) is 0 Å². The van der Waals surface area contributed by atoms with Crippen LogP contribution < -0.4 is 18.9 Å². The third-order valence-corrected chi connectivity index (χ3v) is 9.77. The molecule has 0 aromatic heterocycles. The third-order valence-electron chi connectivity index (χ3n) is 9.77. The molecule has 0 radical (unpaired) electrons. The summed E-state index contributed by atoms with van der Waals surface area (Å²) in [5.41, 5.74) is 2.15. The maximum absolute atomic E-state index is 11.6. The molecule has 4 aromatic carbocycles. The van der Waals surface area contributed by atoms with E-state index in [0.717, 1.165) is 12.1 Å². The standard InChI is InChI=1S/C40H40O16/c1-17-21-5-22(30(42)9-29(21)41)18(2)27-8-28(36(56-16-40(51)52)12-35(27)55-15-39(49)50)20(4)24-6-23(31(43)10-32(24)44)19(3)26-7-25(17)33(53-13-37(45)46)11-34(26)54-14-38(47)48/h5-12,17-20,41-44H,13-16H2,1-4H3,(H,45,46)(H,47,48)(H,49,50)(H,51,52). The second-order valence-electron chi connectivity index (χ2n) is 13.4. The van der Waals surface area contributed by atoms with E-state index >= 15 is 0 Å². The normalized spacial score (nSPS) is 17.4. The van der Waals surface area contributed by atoms with Crippen molar-refractivity contribution >= 4 is 23.9 Å². The Kier molecular flexibility index (Phi) is 11.7. The number of fused-ring (bicyclic) bond motifs is 8. The molecule has 8 bridgehead atoms. The lowest BCUT2D eigenvalue weighted by atomic mass is 9.80. The number of ether oxygens (including phenoxy) is 4. The summed E-state index contributed by atoms with van der Waals surface area (Å²) in [4.78, 5) is 46.5. The molecule has 4 aromatic rings. The molecule has 0 amide bonds. The van der Waals surface area contributed by atoms with E-state index in [2.05, 4.69) is 0 Å². The lowest BCUT2D eigenvalue weighted by Crippen LogP contribution is -2.16. The van der Waals surface area contributed by atoms with Gasteiger partial charge in [-0.25, -0.2) is 19.2 Å². The van der Waals surface area contributed by atoms with Crippen molar-refractivity contribution in [2.45, 2.75) is 51.4 Å². The van der Waals surface area contributed by atoms with Crippen molar-refractivity contribution in [2.75, 3.05) is 26.4 Å². The van der Waals surface area contributed by atoms with Gasteiger partial charge in [0.15, 0.2) is 26.4 Å². The number of carboxylic acids is 4. The summed E-state index contributed by atoms with van der Waals surface area (Å²) in [6, 6.07) is 11.0. The Morgan fingerprint density at radius 2 is 0.571 bits per heavy atom. The van der Waals surface area contributed by atoms with Crippen molar-refractivity contribution in [3.63, 3.8) is 0 Å². The Hall–Kier alpha value is -6.84. The van der Waals surface area contributed by atoms with Crippen LogP contribution in [-0.2, 0) is 19.2 Å². The highest BCUT2D eigenvalue weighted by atomic mass is 16.5. The van der Waals surface area contributed by atoms with Crippen molar-refractivity contribution in [3.05, 3.63) is 93.0 Å². The molecule has 0 fully saturated rings. The molecular formula is C40H40O16. The summed E-state index contributed by atoms with van der Waals surface area (Å²) in [7, 11) is 0. The molecular weight excluding hydrogens is 736 g/mol. The zero-order valence-electron chi connectivity index (χ0n) is 30.6. The molecule has 5 rings (SSSR count). The molecule has 8 N–H and O–H groups in total. The molecule has 0 aliphatic heterocycles. The predicted molar refractivity (Wildman–Crippen MR) is 195 cm³/mol. The summed E-state index contributed by atoms with van der Waals surface area (Å²) in [5, 5.41) is 83.0. The number of carboxylic acid groups (broad SMARTS) is 4. The Balaban J connectivity index is 1.90.